The molecule has 0 aliphatic heterocycles. The van der Waals surface area contributed by atoms with E-state index in [-0.39, 0.29) is 21.1 Å². The Morgan fingerprint density at radius 1 is 0.762 bits per heavy atom. The van der Waals surface area contributed by atoms with E-state index in [4.69, 9.17) is 0 Å². The second kappa shape index (κ2) is 7.14. The molecule has 108 valence electrons. The number of pyridine rings is 2. The summed E-state index contributed by atoms with van der Waals surface area (Å²) in [7, 11) is 4.06. The average molecular weight is 455 g/mol. The quantitative estimate of drug-likeness (QED) is 0.558. The minimum Gasteiger partial charge on any atom is -0.482 e. The molecule has 3 aromatic rings. The predicted molar refractivity (Wildman–Crippen MR) is 81.4 cm³/mol. The fraction of sp³-hybridized carbons (Fsp3) is 0. The maximum Gasteiger partial charge on any atom is 0.103 e. The van der Waals surface area contributed by atoms with Crippen molar-refractivity contribution in [2.75, 3.05) is 4.90 Å². The molecule has 0 fully saturated rings. The summed E-state index contributed by atoms with van der Waals surface area (Å²) in [4.78, 5) is 10.8. The van der Waals surface area contributed by atoms with Gasteiger partial charge < -0.3 is 4.90 Å². The zero-order valence-corrected chi connectivity index (χ0v) is 13.6. The van der Waals surface area contributed by atoms with Crippen molar-refractivity contribution in [3.05, 3.63) is 80.0 Å². The van der Waals surface area contributed by atoms with Crippen LogP contribution in [0.3, 0.4) is 0 Å². The third-order valence-corrected chi connectivity index (χ3v) is 3.01. The number of benzene rings is 1. The fourth-order valence-electron chi connectivity index (χ4n) is 1.97. The Bertz CT molecular complexity index is 687. The monoisotopic (exact) mass is 455 g/mol. The van der Waals surface area contributed by atoms with Gasteiger partial charge in [0.25, 0.3) is 0 Å². The van der Waals surface area contributed by atoms with Gasteiger partial charge in [-0.2, -0.15) is 0 Å². The van der Waals surface area contributed by atoms with Crippen LogP contribution >= 0.6 is 0 Å². The zero-order valence-electron chi connectivity index (χ0n) is 11.3. The van der Waals surface area contributed by atoms with Crippen molar-refractivity contribution in [1.82, 2.24) is 9.97 Å². The van der Waals surface area contributed by atoms with Crippen molar-refractivity contribution in [2.24, 2.45) is 0 Å². The summed E-state index contributed by atoms with van der Waals surface area (Å²) in [5.74, 6) is 0.791. The van der Waals surface area contributed by atoms with Crippen LogP contribution in [0.15, 0.2) is 72.9 Å². The van der Waals surface area contributed by atoms with Gasteiger partial charge in [-0.3, -0.25) is 4.98 Å². The average Bonchev–Trinajstić information content (AvgIpc) is 2.56. The summed E-state index contributed by atoms with van der Waals surface area (Å²) in [5, 5.41) is 0. The fourth-order valence-corrected chi connectivity index (χ4v) is 1.97. The smallest absolute Gasteiger partial charge is 0.103 e. The molecule has 0 amide bonds. The number of nitrogens with zero attached hydrogens (tertiary/aromatic N) is 3. The Balaban J connectivity index is 0.00000161. The Morgan fingerprint density at radius 3 is 2.19 bits per heavy atom. The minimum absolute atomic E-state index is 0. The first-order valence-electron chi connectivity index (χ1n) is 6.39. The topological polar surface area (TPSA) is 29.0 Å². The molecular formula is C17H14N3Pt-. The van der Waals surface area contributed by atoms with Crippen molar-refractivity contribution in [1.29, 1.82) is 0 Å². The molecule has 2 aromatic heterocycles. The Kier molecular flexibility index (Phi) is 5.24. The van der Waals surface area contributed by atoms with Crippen LogP contribution in [0.5, 0.6) is 0 Å². The van der Waals surface area contributed by atoms with Gasteiger partial charge in [-0.15, -0.1) is 0 Å². The second-order valence-corrected chi connectivity index (χ2v) is 4.36. The van der Waals surface area contributed by atoms with Crippen molar-refractivity contribution < 1.29 is 21.1 Å². The van der Waals surface area contributed by atoms with Crippen molar-refractivity contribution in [3.63, 3.8) is 0 Å². The molecule has 3 nitrogen and oxygen atoms in total. The summed E-state index contributed by atoms with van der Waals surface area (Å²) in [6, 6.07) is 21.6. The number of para-hydroxylation sites is 1. The molecule has 0 spiro atoms. The van der Waals surface area contributed by atoms with Crippen LogP contribution in [-0.2, 0) is 21.1 Å². The Hall–Kier alpha value is -1.99. The molecule has 21 heavy (non-hydrogen) atoms. The first kappa shape index (κ1) is 15.4. The van der Waals surface area contributed by atoms with E-state index in [1.54, 1.807) is 6.20 Å². The van der Waals surface area contributed by atoms with Gasteiger partial charge in [-0.25, -0.2) is 12.0 Å². The molecule has 0 saturated carbocycles. The molecule has 2 heterocycles. The zero-order chi connectivity index (χ0) is 13.8. The molecule has 4 heteroatoms. The van der Waals surface area contributed by atoms with Crippen molar-refractivity contribution in [2.45, 2.75) is 0 Å². The van der Waals surface area contributed by atoms with Gasteiger partial charge in [0.15, 0.2) is 0 Å². The van der Waals surface area contributed by atoms with Gasteiger partial charge in [-0.05, 0) is 36.4 Å². The van der Waals surface area contributed by atoms with Crippen molar-refractivity contribution >= 4 is 11.5 Å². The van der Waals surface area contributed by atoms with Gasteiger partial charge in [0, 0.05) is 32.9 Å². The first-order valence-corrected chi connectivity index (χ1v) is 6.39. The third-order valence-electron chi connectivity index (χ3n) is 3.01. The molecule has 0 N–H and O–H groups in total. The number of rotatable bonds is 3. The summed E-state index contributed by atoms with van der Waals surface area (Å²) >= 11 is 0. The maximum absolute atomic E-state index is 4.62. The number of hydrogen-bond donors (Lipinski definition) is 0. The molecule has 0 bridgehead atoms. The van der Waals surface area contributed by atoms with E-state index in [0.29, 0.717) is 0 Å². The van der Waals surface area contributed by atoms with E-state index in [1.807, 2.05) is 71.6 Å². The molecular weight excluding hydrogens is 441 g/mol. The number of hydrogen-bond acceptors (Lipinski definition) is 3. The van der Waals surface area contributed by atoms with Crippen LogP contribution in [0.1, 0.15) is 0 Å². The van der Waals surface area contributed by atoms with Crippen LogP contribution in [0.4, 0.5) is 11.5 Å². The maximum atomic E-state index is 4.62. The van der Waals surface area contributed by atoms with Crippen LogP contribution in [0, 0.1) is 7.05 Å². The summed E-state index contributed by atoms with van der Waals surface area (Å²) in [5.41, 5.74) is 2.70. The second-order valence-electron chi connectivity index (χ2n) is 4.36. The van der Waals surface area contributed by atoms with Crippen LogP contribution in [0.25, 0.3) is 11.4 Å². The molecule has 1 aromatic carbocycles. The van der Waals surface area contributed by atoms with Crippen molar-refractivity contribution in [3.8, 4) is 11.4 Å². The number of anilines is 2. The predicted octanol–water partition coefficient (Wildman–Crippen LogP) is 4.07. The van der Waals surface area contributed by atoms with E-state index < -0.39 is 0 Å². The van der Waals surface area contributed by atoms with E-state index in [0.717, 1.165) is 22.9 Å². The summed E-state index contributed by atoms with van der Waals surface area (Å²) < 4.78 is 0. The Labute approximate surface area is 138 Å². The van der Waals surface area contributed by atoms with Crippen LogP contribution in [-0.4, -0.2) is 9.97 Å². The van der Waals surface area contributed by atoms with E-state index in [2.05, 4.69) is 17.0 Å². The standard InChI is InChI=1S/C17H14N3.Pt/c1-20(14-8-3-2-4-9-14)17-12-7-11-16(19-17)15-10-5-6-13-18-15;/h2-13H,1H2;/q-1;. The molecule has 0 saturated heterocycles. The first-order chi connectivity index (χ1) is 9.84. The largest absolute Gasteiger partial charge is 0.482 e. The van der Waals surface area contributed by atoms with Gasteiger partial charge >= 0.3 is 0 Å². The molecule has 3 rings (SSSR count). The number of aromatic nitrogens is 2. The summed E-state index contributed by atoms with van der Waals surface area (Å²) in [6.45, 7) is 0. The van der Waals surface area contributed by atoms with Gasteiger partial charge in [0.05, 0.1) is 11.4 Å². The van der Waals surface area contributed by atoms with Gasteiger partial charge in [0.2, 0.25) is 0 Å². The molecule has 0 aliphatic carbocycles. The molecule has 0 atom stereocenters. The van der Waals surface area contributed by atoms with E-state index >= 15 is 0 Å². The third kappa shape index (κ3) is 3.56. The van der Waals surface area contributed by atoms with E-state index in [9.17, 15) is 0 Å². The Morgan fingerprint density at radius 2 is 1.48 bits per heavy atom. The van der Waals surface area contributed by atoms with Gasteiger partial charge in [0.1, 0.15) is 5.82 Å². The molecule has 0 aliphatic rings. The summed E-state index contributed by atoms with van der Waals surface area (Å²) in [6.07, 6.45) is 1.77. The molecule has 0 radical (unpaired) electrons. The minimum atomic E-state index is 0. The van der Waals surface area contributed by atoms with Crippen LogP contribution in [0.2, 0.25) is 0 Å². The van der Waals surface area contributed by atoms with Gasteiger partial charge in [-0.1, -0.05) is 30.3 Å². The normalized spacial score (nSPS) is 9.76. The van der Waals surface area contributed by atoms with E-state index in [1.165, 1.54) is 0 Å². The van der Waals surface area contributed by atoms with Crippen LogP contribution < -0.4 is 4.90 Å². The SMILES string of the molecule is [CH2-]N(c1ccccc1)c1cccc(-c2ccccn2)n1.[Pt]. The molecule has 0 unspecified atom stereocenters.